The van der Waals surface area contributed by atoms with Crippen LogP contribution in [-0.2, 0) is 14.3 Å². The molecule has 2 amide bonds. The average molecular weight is 329 g/mol. The van der Waals surface area contributed by atoms with Crippen molar-refractivity contribution in [1.82, 2.24) is 5.32 Å². The Morgan fingerprint density at radius 1 is 1.12 bits per heavy atom. The fourth-order valence-corrected chi connectivity index (χ4v) is 2.91. The van der Waals surface area contributed by atoms with E-state index in [0.717, 1.165) is 12.8 Å². The van der Waals surface area contributed by atoms with Gasteiger partial charge in [0.05, 0.1) is 18.2 Å². The van der Waals surface area contributed by atoms with Crippen LogP contribution in [0.15, 0.2) is 24.3 Å². The predicted octanol–water partition coefficient (Wildman–Crippen LogP) is 2.07. The van der Waals surface area contributed by atoms with E-state index in [4.69, 9.17) is 10.00 Å². The molecule has 2 N–H and O–H groups in total. The molecule has 0 unspecified atom stereocenters. The molecule has 1 fully saturated rings. The number of nitrogens with one attached hydrogen (secondary N) is 2. The Labute approximate surface area is 142 Å². The van der Waals surface area contributed by atoms with E-state index in [1.165, 1.54) is 0 Å². The highest BCUT2D eigenvalue weighted by atomic mass is 16.5. The highest BCUT2D eigenvalue weighted by Gasteiger charge is 2.29. The molecule has 1 saturated carbocycles. The van der Waals surface area contributed by atoms with Crippen LogP contribution in [0.1, 0.15) is 31.2 Å². The zero-order chi connectivity index (χ0) is 17.4. The Morgan fingerprint density at radius 2 is 1.71 bits per heavy atom. The molecule has 6 nitrogen and oxygen atoms in total. The van der Waals surface area contributed by atoms with Crippen molar-refractivity contribution in [2.45, 2.75) is 25.7 Å². The fraction of sp³-hybridized carbons (Fsp3) is 0.500. The molecule has 1 aromatic carbocycles. The summed E-state index contributed by atoms with van der Waals surface area (Å²) in [6.45, 7) is 1.03. The Kier molecular flexibility index (Phi) is 6.76. The van der Waals surface area contributed by atoms with Gasteiger partial charge in [0, 0.05) is 31.2 Å². The van der Waals surface area contributed by atoms with Crippen molar-refractivity contribution in [3.8, 4) is 6.07 Å². The van der Waals surface area contributed by atoms with Gasteiger partial charge in [0.1, 0.15) is 0 Å². The number of carbonyl (C=O) groups is 2. The molecule has 0 saturated heterocycles. The number of ether oxygens (including phenoxy) is 1. The van der Waals surface area contributed by atoms with Crippen LogP contribution in [0.5, 0.6) is 0 Å². The molecule has 1 aliphatic carbocycles. The van der Waals surface area contributed by atoms with Crippen LogP contribution in [0.2, 0.25) is 0 Å². The van der Waals surface area contributed by atoms with Crippen molar-refractivity contribution in [2.75, 3.05) is 25.6 Å². The van der Waals surface area contributed by atoms with Crippen molar-refractivity contribution < 1.29 is 14.3 Å². The monoisotopic (exact) mass is 329 g/mol. The van der Waals surface area contributed by atoms with Gasteiger partial charge in [-0.05, 0) is 49.9 Å². The molecule has 24 heavy (non-hydrogen) atoms. The molecule has 1 aliphatic rings. The highest BCUT2D eigenvalue weighted by Crippen LogP contribution is 2.29. The summed E-state index contributed by atoms with van der Waals surface area (Å²) in [4.78, 5) is 24.3. The number of hydrogen-bond donors (Lipinski definition) is 2. The maximum atomic E-state index is 12.3. The second-order valence-corrected chi connectivity index (χ2v) is 6.01. The van der Waals surface area contributed by atoms with Gasteiger partial charge in [-0.3, -0.25) is 9.59 Å². The van der Waals surface area contributed by atoms with E-state index in [0.29, 0.717) is 37.2 Å². The number of rotatable bonds is 6. The third-order valence-corrected chi connectivity index (χ3v) is 4.36. The van der Waals surface area contributed by atoms with Crippen molar-refractivity contribution >= 4 is 17.5 Å². The summed E-state index contributed by atoms with van der Waals surface area (Å²) in [6, 6.07) is 8.86. The first-order valence-electron chi connectivity index (χ1n) is 8.21. The maximum Gasteiger partial charge on any atom is 0.227 e. The van der Waals surface area contributed by atoms with Gasteiger partial charge in [0.2, 0.25) is 11.8 Å². The second-order valence-electron chi connectivity index (χ2n) is 6.01. The SMILES string of the molecule is COCCNC(=O)C1CCC(C(=O)Nc2ccc(C#N)cc2)CC1. The molecule has 0 heterocycles. The number of benzene rings is 1. The largest absolute Gasteiger partial charge is 0.383 e. The summed E-state index contributed by atoms with van der Waals surface area (Å²) < 4.78 is 4.91. The highest BCUT2D eigenvalue weighted by molar-refractivity contribution is 5.92. The summed E-state index contributed by atoms with van der Waals surface area (Å²) in [5.74, 6) is -0.0413. The maximum absolute atomic E-state index is 12.3. The van der Waals surface area contributed by atoms with Crippen molar-refractivity contribution in [3.05, 3.63) is 29.8 Å². The third-order valence-electron chi connectivity index (χ3n) is 4.36. The number of methoxy groups -OCH3 is 1. The smallest absolute Gasteiger partial charge is 0.227 e. The van der Waals surface area contributed by atoms with Crippen LogP contribution in [0.25, 0.3) is 0 Å². The predicted molar refractivity (Wildman–Crippen MR) is 90.1 cm³/mol. The van der Waals surface area contributed by atoms with Gasteiger partial charge >= 0.3 is 0 Å². The van der Waals surface area contributed by atoms with Crippen LogP contribution < -0.4 is 10.6 Å². The molecule has 2 rings (SSSR count). The van der Waals surface area contributed by atoms with E-state index in [1.54, 1.807) is 31.4 Å². The van der Waals surface area contributed by atoms with E-state index in [1.807, 2.05) is 6.07 Å². The van der Waals surface area contributed by atoms with E-state index in [2.05, 4.69) is 10.6 Å². The van der Waals surface area contributed by atoms with Crippen LogP contribution >= 0.6 is 0 Å². The molecule has 6 heteroatoms. The summed E-state index contributed by atoms with van der Waals surface area (Å²) in [5.41, 5.74) is 1.26. The lowest BCUT2D eigenvalue weighted by Gasteiger charge is -2.27. The van der Waals surface area contributed by atoms with Gasteiger partial charge in [0.25, 0.3) is 0 Å². The molecule has 0 aromatic heterocycles. The van der Waals surface area contributed by atoms with Crippen molar-refractivity contribution in [3.63, 3.8) is 0 Å². The third kappa shape index (κ3) is 5.07. The fourth-order valence-electron chi connectivity index (χ4n) is 2.91. The Balaban J connectivity index is 1.77. The van der Waals surface area contributed by atoms with E-state index in [-0.39, 0.29) is 23.7 Å². The number of carbonyl (C=O) groups excluding carboxylic acids is 2. The number of nitrogens with zero attached hydrogens (tertiary/aromatic N) is 1. The zero-order valence-corrected chi connectivity index (χ0v) is 13.9. The van der Waals surface area contributed by atoms with Crippen molar-refractivity contribution in [2.24, 2.45) is 11.8 Å². The minimum absolute atomic E-state index is 0.0131. The summed E-state index contributed by atoms with van der Waals surface area (Å²) in [5, 5.41) is 14.5. The lowest BCUT2D eigenvalue weighted by atomic mass is 9.81. The van der Waals surface area contributed by atoms with E-state index in [9.17, 15) is 9.59 Å². The van der Waals surface area contributed by atoms with Crippen LogP contribution in [0.4, 0.5) is 5.69 Å². The van der Waals surface area contributed by atoms with Crippen LogP contribution in [-0.4, -0.2) is 32.1 Å². The first kappa shape index (κ1) is 18.0. The summed E-state index contributed by atoms with van der Waals surface area (Å²) >= 11 is 0. The van der Waals surface area contributed by atoms with Crippen LogP contribution in [0.3, 0.4) is 0 Å². The quantitative estimate of drug-likeness (QED) is 0.782. The topological polar surface area (TPSA) is 91.2 Å². The Bertz CT molecular complexity index is 599. The van der Waals surface area contributed by atoms with Gasteiger partial charge in [-0.25, -0.2) is 0 Å². The molecular weight excluding hydrogens is 306 g/mol. The molecule has 0 atom stereocenters. The Hall–Kier alpha value is -2.39. The minimum Gasteiger partial charge on any atom is -0.383 e. The Morgan fingerprint density at radius 3 is 2.25 bits per heavy atom. The van der Waals surface area contributed by atoms with Gasteiger partial charge < -0.3 is 15.4 Å². The number of anilines is 1. The number of amides is 2. The van der Waals surface area contributed by atoms with Crippen LogP contribution in [0, 0.1) is 23.2 Å². The summed E-state index contributed by atoms with van der Waals surface area (Å²) in [7, 11) is 1.60. The van der Waals surface area contributed by atoms with Gasteiger partial charge in [-0.1, -0.05) is 0 Å². The van der Waals surface area contributed by atoms with Gasteiger partial charge in [0.15, 0.2) is 0 Å². The molecule has 1 aromatic rings. The van der Waals surface area contributed by atoms with Gasteiger partial charge in [-0.2, -0.15) is 5.26 Å². The van der Waals surface area contributed by atoms with E-state index < -0.39 is 0 Å². The molecule has 128 valence electrons. The number of hydrogen-bond acceptors (Lipinski definition) is 4. The number of nitriles is 1. The molecular formula is C18H23N3O3. The first-order chi connectivity index (χ1) is 11.6. The zero-order valence-electron chi connectivity index (χ0n) is 13.9. The molecule has 0 bridgehead atoms. The second kappa shape index (κ2) is 9.04. The lowest BCUT2D eigenvalue weighted by Crippen LogP contribution is -2.36. The molecule has 0 spiro atoms. The summed E-state index contributed by atoms with van der Waals surface area (Å²) in [6.07, 6.45) is 2.88. The van der Waals surface area contributed by atoms with Crippen molar-refractivity contribution in [1.29, 1.82) is 5.26 Å². The van der Waals surface area contributed by atoms with E-state index >= 15 is 0 Å². The minimum atomic E-state index is -0.0660. The molecule has 0 radical (unpaired) electrons. The average Bonchev–Trinajstić information content (AvgIpc) is 2.62. The lowest BCUT2D eigenvalue weighted by molar-refractivity contribution is -0.128. The van der Waals surface area contributed by atoms with Gasteiger partial charge in [-0.15, -0.1) is 0 Å². The molecule has 0 aliphatic heterocycles. The normalized spacial score (nSPS) is 20.0. The standard InChI is InChI=1S/C18H23N3O3/c1-24-11-10-20-17(22)14-4-6-15(7-5-14)18(23)21-16-8-2-13(12-19)3-9-16/h2-3,8-9,14-15H,4-7,10-11H2,1H3,(H,20,22)(H,21,23). The first-order valence-corrected chi connectivity index (χ1v) is 8.21.